The predicted octanol–water partition coefficient (Wildman–Crippen LogP) is 0.684. The molecule has 0 radical (unpaired) electrons. The molecule has 19 heavy (non-hydrogen) atoms. The van der Waals surface area contributed by atoms with Gasteiger partial charge in [-0.2, -0.15) is 0 Å². The molecule has 0 bridgehead atoms. The van der Waals surface area contributed by atoms with Gasteiger partial charge in [0.2, 0.25) is 5.91 Å². The molecule has 2 aliphatic heterocycles. The number of aliphatic hydroxyl groups is 1. The number of carbonyl (C=O) groups excluding carboxylic acids is 1. The molecule has 0 spiro atoms. The molecule has 1 aromatic carbocycles. The second kappa shape index (κ2) is 5.31. The zero-order valence-corrected chi connectivity index (χ0v) is 11.0. The highest BCUT2D eigenvalue weighted by Crippen LogP contribution is 2.20. The lowest BCUT2D eigenvalue weighted by atomic mass is 10.0. The number of aryl methyl sites for hydroxylation is 1. The summed E-state index contributed by atoms with van der Waals surface area (Å²) in [6.07, 6.45) is 2.21. The van der Waals surface area contributed by atoms with Crippen LogP contribution in [0.4, 0.5) is 0 Å². The average molecular weight is 260 g/mol. The van der Waals surface area contributed by atoms with Crippen molar-refractivity contribution in [1.82, 2.24) is 10.2 Å². The second-order valence-electron chi connectivity index (χ2n) is 5.48. The quantitative estimate of drug-likeness (QED) is 0.781. The number of hydrogen-bond acceptors (Lipinski definition) is 3. The lowest BCUT2D eigenvalue weighted by molar-refractivity contribution is -0.133. The molecule has 2 N–H and O–H groups in total. The fourth-order valence-electron chi connectivity index (χ4n) is 3.01. The summed E-state index contributed by atoms with van der Waals surface area (Å²) in [7, 11) is 0. The maximum absolute atomic E-state index is 12.5. The van der Waals surface area contributed by atoms with Crippen molar-refractivity contribution < 1.29 is 9.90 Å². The van der Waals surface area contributed by atoms with Gasteiger partial charge in [-0.25, -0.2) is 0 Å². The lowest BCUT2D eigenvalue weighted by Gasteiger charge is -2.24. The van der Waals surface area contributed by atoms with Crippen LogP contribution >= 0.6 is 0 Å². The van der Waals surface area contributed by atoms with Crippen LogP contribution in [0.25, 0.3) is 0 Å². The number of carbonyl (C=O) groups is 1. The minimum Gasteiger partial charge on any atom is -0.392 e. The molecule has 2 heterocycles. The molecule has 1 fully saturated rings. The molecule has 3 rings (SSSR count). The Morgan fingerprint density at radius 3 is 2.84 bits per heavy atom. The third-order valence-electron chi connectivity index (χ3n) is 4.07. The molecule has 4 heteroatoms. The third-order valence-corrected chi connectivity index (χ3v) is 4.07. The van der Waals surface area contributed by atoms with E-state index in [0.29, 0.717) is 19.5 Å². The highest BCUT2D eigenvalue weighted by molar-refractivity contribution is 5.82. The number of amides is 1. The van der Waals surface area contributed by atoms with Gasteiger partial charge in [0.15, 0.2) is 0 Å². The van der Waals surface area contributed by atoms with E-state index in [0.717, 1.165) is 19.4 Å². The van der Waals surface area contributed by atoms with Crippen LogP contribution in [0.3, 0.4) is 0 Å². The van der Waals surface area contributed by atoms with Crippen LogP contribution in [0.1, 0.15) is 24.0 Å². The predicted molar refractivity (Wildman–Crippen MR) is 72.6 cm³/mol. The highest BCUT2D eigenvalue weighted by atomic mass is 16.3. The van der Waals surface area contributed by atoms with E-state index in [1.54, 1.807) is 0 Å². The van der Waals surface area contributed by atoms with Crippen LogP contribution < -0.4 is 5.32 Å². The van der Waals surface area contributed by atoms with E-state index in [9.17, 15) is 9.90 Å². The van der Waals surface area contributed by atoms with E-state index < -0.39 is 0 Å². The summed E-state index contributed by atoms with van der Waals surface area (Å²) in [5.41, 5.74) is 2.61. The maximum Gasteiger partial charge on any atom is 0.240 e. The fourth-order valence-corrected chi connectivity index (χ4v) is 3.01. The largest absolute Gasteiger partial charge is 0.392 e. The molecular weight excluding hydrogens is 240 g/mol. The molecule has 0 aromatic heterocycles. The Balaban J connectivity index is 1.73. The molecule has 2 atom stereocenters. The Kier molecular flexibility index (Phi) is 3.53. The van der Waals surface area contributed by atoms with Gasteiger partial charge in [0.05, 0.1) is 12.1 Å². The van der Waals surface area contributed by atoms with Gasteiger partial charge in [0, 0.05) is 19.6 Å². The van der Waals surface area contributed by atoms with Gasteiger partial charge >= 0.3 is 0 Å². The van der Waals surface area contributed by atoms with Crippen LogP contribution in [0.2, 0.25) is 0 Å². The van der Waals surface area contributed by atoms with E-state index >= 15 is 0 Å². The SMILES string of the molecule is O=C(C1CC(O)CN1)N1CCCc2ccccc2C1. The summed E-state index contributed by atoms with van der Waals surface area (Å²) in [4.78, 5) is 14.4. The van der Waals surface area contributed by atoms with Gasteiger partial charge in [-0.3, -0.25) is 4.79 Å². The number of hydrogen-bond donors (Lipinski definition) is 2. The van der Waals surface area contributed by atoms with Crippen LogP contribution in [0, 0.1) is 0 Å². The Morgan fingerprint density at radius 1 is 1.32 bits per heavy atom. The van der Waals surface area contributed by atoms with Gasteiger partial charge in [0.1, 0.15) is 0 Å². The van der Waals surface area contributed by atoms with Crippen LogP contribution in [-0.4, -0.2) is 41.1 Å². The number of nitrogens with zero attached hydrogens (tertiary/aromatic N) is 1. The molecule has 0 saturated carbocycles. The number of rotatable bonds is 1. The van der Waals surface area contributed by atoms with E-state index in [-0.39, 0.29) is 18.1 Å². The average Bonchev–Trinajstić information content (AvgIpc) is 2.74. The molecule has 4 nitrogen and oxygen atoms in total. The zero-order chi connectivity index (χ0) is 13.2. The zero-order valence-electron chi connectivity index (χ0n) is 11.0. The smallest absolute Gasteiger partial charge is 0.240 e. The highest BCUT2D eigenvalue weighted by Gasteiger charge is 2.31. The Hall–Kier alpha value is -1.39. The van der Waals surface area contributed by atoms with Crippen molar-refractivity contribution in [3.05, 3.63) is 35.4 Å². The molecule has 1 amide bonds. The molecule has 0 aliphatic carbocycles. The van der Waals surface area contributed by atoms with Gasteiger partial charge < -0.3 is 15.3 Å². The lowest BCUT2D eigenvalue weighted by Crippen LogP contribution is -2.43. The van der Waals surface area contributed by atoms with Crippen LogP contribution in [-0.2, 0) is 17.8 Å². The van der Waals surface area contributed by atoms with Gasteiger partial charge in [-0.15, -0.1) is 0 Å². The summed E-state index contributed by atoms with van der Waals surface area (Å²) in [6, 6.07) is 8.15. The number of benzene rings is 1. The number of fused-ring (bicyclic) bond motifs is 1. The normalized spacial score (nSPS) is 26.9. The summed E-state index contributed by atoms with van der Waals surface area (Å²) in [5, 5.41) is 12.6. The van der Waals surface area contributed by atoms with Crippen molar-refractivity contribution in [2.75, 3.05) is 13.1 Å². The van der Waals surface area contributed by atoms with Gasteiger partial charge in [0.25, 0.3) is 0 Å². The topological polar surface area (TPSA) is 52.6 Å². The minimum absolute atomic E-state index is 0.133. The Morgan fingerprint density at radius 2 is 2.11 bits per heavy atom. The number of β-amino-alcohol motifs (C(OH)–C–C–N with tert-alkyl or cyclic N) is 1. The van der Waals surface area contributed by atoms with Crippen molar-refractivity contribution >= 4 is 5.91 Å². The number of nitrogens with one attached hydrogen (secondary N) is 1. The third kappa shape index (κ3) is 2.65. The molecule has 1 saturated heterocycles. The number of aliphatic hydroxyl groups excluding tert-OH is 1. The van der Waals surface area contributed by atoms with E-state index in [1.165, 1.54) is 11.1 Å². The summed E-state index contributed by atoms with van der Waals surface area (Å²) >= 11 is 0. The van der Waals surface area contributed by atoms with E-state index in [1.807, 2.05) is 11.0 Å². The van der Waals surface area contributed by atoms with E-state index in [2.05, 4.69) is 23.5 Å². The monoisotopic (exact) mass is 260 g/mol. The molecule has 102 valence electrons. The maximum atomic E-state index is 12.5. The van der Waals surface area contributed by atoms with Crippen molar-refractivity contribution in [2.45, 2.75) is 38.0 Å². The fraction of sp³-hybridized carbons (Fsp3) is 0.533. The first-order chi connectivity index (χ1) is 9.24. The molecule has 2 aliphatic rings. The van der Waals surface area contributed by atoms with Crippen molar-refractivity contribution in [1.29, 1.82) is 0 Å². The van der Waals surface area contributed by atoms with Gasteiger partial charge in [-0.05, 0) is 30.4 Å². The summed E-state index contributed by atoms with van der Waals surface area (Å²) in [5.74, 6) is 0.133. The molecular formula is C15H20N2O2. The molecule has 1 aromatic rings. The van der Waals surface area contributed by atoms with Crippen molar-refractivity contribution in [3.8, 4) is 0 Å². The Bertz CT molecular complexity index is 475. The first-order valence-electron chi connectivity index (χ1n) is 7.01. The minimum atomic E-state index is -0.381. The first-order valence-corrected chi connectivity index (χ1v) is 7.01. The van der Waals surface area contributed by atoms with Crippen molar-refractivity contribution in [2.24, 2.45) is 0 Å². The standard InChI is InChI=1S/C15H20N2O2/c18-13-8-14(16-9-13)15(19)17-7-3-6-11-4-1-2-5-12(11)10-17/h1-2,4-5,13-14,16,18H,3,6-10H2. The summed E-state index contributed by atoms with van der Waals surface area (Å²) < 4.78 is 0. The Labute approximate surface area is 113 Å². The summed E-state index contributed by atoms with van der Waals surface area (Å²) in [6.45, 7) is 2.03. The molecule has 2 unspecified atom stereocenters. The second-order valence-corrected chi connectivity index (χ2v) is 5.48. The van der Waals surface area contributed by atoms with Crippen LogP contribution in [0.5, 0.6) is 0 Å². The van der Waals surface area contributed by atoms with Crippen molar-refractivity contribution in [3.63, 3.8) is 0 Å². The van der Waals surface area contributed by atoms with Gasteiger partial charge in [-0.1, -0.05) is 24.3 Å². The van der Waals surface area contributed by atoms with Crippen LogP contribution in [0.15, 0.2) is 24.3 Å². The van der Waals surface area contributed by atoms with E-state index in [4.69, 9.17) is 0 Å². The first kappa shape index (κ1) is 12.6.